The number of H-pyrrole nitrogens is 1. The van der Waals surface area contributed by atoms with Crippen LogP contribution in [0.3, 0.4) is 0 Å². The van der Waals surface area contributed by atoms with Gasteiger partial charge in [-0.3, -0.25) is 14.4 Å². The van der Waals surface area contributed by atoms with Crippen molar-refractivity contribution in [3.05, 3.63) is 44.7 Å². The Morgan fingerprint density at radius 2 is 2.16 bits per heavy atom. The van der Waals surface area contributed by atoms with E-state index in [1.54, 1.807) is 31.4 Å². The van der Waals surface area contributed by atoms with Gasteiger partial charge in [-0.1, -0.05) is 29.4 Å². The number of thioether (sulfide) groups is 1. The van der Waals surface area contributed by atoms with E-state index in [0.717, 1.165) is 0 Å². The number of benzene rings is 1. The van der Waals surface area contributed by atoms with E-state index in [4.69, 9.17) is 11.6 Å². The van der Waals surface area contributed by atoms with Gasteiger partial charge in [0.25, 0.3) is 5.56 Å². The number of halogens is 1. The molecule has 1 aliphatic heterocycles. The van der Waals surface area contributed by atoms with Gasteiger partial charge in [-0.15, -0.1) is 0 Å². The van der Waals surface area contributed by atoms with Crippen LogP contribution in [0.1, 0.15) is 23.5 Å². The van der Waals surface area contributed by atoms with Gasteiger partial charge in [0, 0.05) is 17.1 Å². The monoisotopic (exact) mass is 378 g/mol. The fourth-order valence-electron chi connectivity index (χ4n) is 2.63. The standard InChI is InChI=1S/C16H15ClN4O3S/c1-7-9(17)4-3-5-10(7)18-14(23)8-6-11(22)19-13-12(8)15(24)21-16(20-13)25-2/h3-5,8H,6H2,1-2H3,(H,18,23)(H2,19,20,21,22,24). The minimum Gasteiger partial charge on any atom is -0.325 e. The molecule has 3 N–H and O–H groups in total. The van der Waals surface area contributed by atoms with Crippen molar-refractivity contribution in [3.63, 3.8) is 0 Å². The van der Waals surface area contributed by atoms with Crippen LogP contribution in [0.15, 0.2) is 28.2 Å². The maximum Gasteiger partial charge on any atom is 0.257 e. The molecule has 3 rings (SSSR count). The molecule has 1 aliphatic rings. The van der Waals surface area contributed by atoms with Crippen molar-refractivity contribution in [3.8, 4) is 0 Å². The lowest BCUT2D eigenvalue weighted by atomic mass is 9.92. The Balaban J connectivity index is 1.98. The fraction of sp³-hybridized carbons (Fsp3) is 0.250. The number of carbonyl (C=O) groups excluding carboxylic acids is 2. The van der Waals surface area contributed by atoms with Crippen LogP contribution in [0.5, 0.6) is 0 Å². The van der Waals surface area contributed by atoms with Gasteiger partial charge in [-0.05, 0) is 30.9 Å². The predicted octanol–water partition coefficient (Wildman–Crippen LogP) is 2.52. The molecule has 7 nitrogen and oxygen atoms in total. The first-order valence-corrected chi connectivity index (χ1v) is 9.05. The van der Waals surface area contributed by atoms with Crippen molar-refractivity contribution in [2.75, 3.05) is 16.9 Å². The first-order chi connectivity index (χ1) is 11.9. The number of hydrogen-bond donors (Lipinski definition) is 3. The van der Waals surface area contributed by atoms with Crippen molar-refractivity contribution in [2.24, 2.45) is 0 Å². The quantitative estimate of drug-likeness (QED) is 0.562. The van der Waals surface area contributed by atoms with Crippen molar-refractivity contribution in [2.45, 2.75) is 24.4 Å². The zero-order chi connectivity index (χ0) is 18.1. The van der Waals surface area contributed by atoms with E-state index in [9.17, 15) is 14.4 Å². The Morgan fingerprint density at radius 1 is 1.40 bits per heavy atom. The van der Waals surface area contributed by atoms with Gasteiger partial charge >= 0.3 is 0 Å². The van der Waals surface area contributed by atoms with Crippen LogP contribution in [0.2, 0.25) is 5.02 Å². The summed E-state index contributed by atoms with van der Waals surface area (Å²) < 4.78 is 0. The molecule has 0 fully saturated rings. The van der Waals surface area contributed by atoms with E-state index < -0.39 is 17.4 Å². The topological polar surface area (TPSA) is 104 Å². The molecule has 130 valence electrons. The highest BCUT2D eigenvalue weighted by Gasteiger charge is 2.34. The lowest BCUT2D eigenvalue weighted by molar-refractivity contribution is -0.123. The molecule has 25 heavy (non-hydrogen) atoms. The first-order valence-electron chi connectivity index (χ1n) is 7.44. The van der Waals surface area contributed by atoms with Gasteiger partial charge < -0.3 is 15.6 Å². The highest BCUT2D eigenvalue weighted by atomic mass is 35.5. The molecular formula is C16H15ClN4O3S. The van der Waals surface area contributed by atoms with E-state index >= 15 is 0 Å². The summed E-state index contributed by atoms with van der Waals surface area (Å²) in [6.45, 7) is 1.78. The van der Waals surface area contributed by atoms with E-state index in [2.05, 4.69) is 20.6 Å². The van der Waals surface area contributed by atoms with Crippen LogP contribution in [0.25, 0.3) is 0 Å². The van der Waals surface area contributed by atoms with E-state index in [1.807, 2.05) is 0 Å². The number of nitrogens with one attached hydrogen (secondary N) is 3. The highest BCUT2D eigenvalue weighted by Crippen LogP contribution is 2.31. The molecule has 0 saturated carbocycles. The third-order valence-electron chi connectivity index (χ3n) is 3.96. The average molecular weight is 379 g/mol. The number of aromatic nitrogens is 2. The molecule has 1 atom stereocenters. The second kappa shape index (κ2) is 6.89. The Kier molecular flexibility index (Phi) is 4.82. The summed E-state index contributed by atoms with van der Waals surface area (Å²) >= 11 is 7.30. The Hall–Kier alpha value is -2.32. The lowest BCUT2D eigenvalue weighted by Crippen LogP contribution is -2.36. The van der Waals surface area contributed by atoms with Crippen LogP contribution in [-0.2, 0) is 9.59 Å². The van der Waals surface area contributed by atoms with E-state index in [0.29, 0.717) is 21.4 Å². The molecule has 2 heterocycles. The van der Waals surface area contributed by atoms with E-state index in [1.165, 1.54) is 11.8 Å². The average Bonchev–Trinajstić information content (AvgIpc) is 2.57. The molecule has 1 aromatic heterocycles. The summed E-state index contributed by atoms with van der Waals surface area (Å²) in [5.74, 6) is -1.60. The molecular weight excluding hydrogens is 364 g/mol. The molecule has 9 heteroatoms. The van der Waals surface area contributed by atoms with Crippen molar-refractivity contribution in [1.29, 1.82) is 0 Å². The number of hydrogen-bond acceptors (Lipinski definition) is 5. The molecule has 2 aromatic rings. The second-order valence-corrected chi connectivity index (χ2v) is 6.75. The van der Waals surface area contributed by atoms with Gasteiger partial charge in [-0.25, -0.2) is 4.98 Å². The van der Waals surface area contributed by atoms with Crippen LogP contribution < -0.4 is 16.2 Å². The third kappa shape index (κ3) is 3.40. The molecule has 2 amide bonds. The number of aromatic amines is 1. The SMILES string of the molecule is CSc1nc2c(c(=O)[nH]1)C(C(=O)Nc1cccc(Cl)c1C)CC(=O)N2. The Morgan fingerprint density at radius 3 is 2.88 bits per heavy atom. The number of amides is 2. The number of fused-ring (bicyclic) bond motifs is 1. The molecule has 0 saturated heterocycles. The minimum absolute atomic E-state index is 0.123. The van der Waals surface area contributed by atoms with Gasteiger partial charge in [0.05, 0.1) is 11.5 Å². The largest absolute Gasteiger partial charge is 0.325 e. The highest BCUT2D eigenvalue weighted by molar-refractivity contribution is 7.98. The summed E-state index contributed by atoms with van der Waals surface area (Å²) in [7, 11) is 0. The van der Waals surface area contributed by atoms with Crippen LogP contribution in [0.4, 0.5) is 11.5 Å². The summed E-state index contributed by atoms with van der Waals surface area (Å²) in [6, 6.07) is 5.14. The van der Waals surface area contributed by atoms with Crippen molar-refractivity contribution < 1.29 is 9.59 Å². The summed E-state index contributed by atoms with van der Waals surface area (Å²) in [5.41, 5.74) is 0.977. The maximum atomic E-state index is 12.7. The number of nitrogens with zero attached hydrogens (tertiary/aromatic N) is 1. The molecule has 0 spiro atoms. The van der Waals surface area contributed by atoms with Crippen LogP contribution >= 0.6 is 23.4 Å². The summed E-state index contributed by atoms with van der Waals surface area (Å²) in [5, 5.41) is 6.20. The van der Waals surface area contributed by atoms with Crippen molar-refractivity contribution in [1.82, 2.24) is 9.97 Å². The molecule has 0 aliphatic carbocycles. The van der Waals surface area contributed by atoms with Gasteiger partial charge in [0.1, 0.15) is 5.82 Å². The Bertz CT molecular complexity index is 928. The number of rotatable bonds is 3. The normalized spacial score (nSPS) is 16.1. The summed E-state index contributed by atoms with van der Waals surface area (Å²) in [4.78, 5) is 43.9. The van der Waals surface area contributed by atoms with Gasteiger partial charge in [0.2, 0.25) is 11.8 Å². The van der Waals surface area contributed by atoms with E-state index in [-0.39, 0.29) is 23.7 Å². The molecule has 0 radical (unpaired) electrons. The van der Waals surface area contributed by atoms with Crippen LogP contribution in [0, 0.1) is 6.92 Å². The fourth-order valence-corrected chi connectivity index (χ4v) is 3.19. The zero-order valence-electron chi connectivity index (χ0n) is 13.5. The first kappa shape index (κ1) is 17.5. The molecule has 0 bridgehead atoms. The summed E-state index contributed by atoms with van der Waals surface area (Å²) in [6.07, 6.45) is 1.63. The number of anilines is 2. The smallest absolute Gasteiger partial charge is 0.257 e. The van der Waals surface area contributed by atoms with Crippen LogP contribution in [-0.4, -0.2) is 28.0 Å². The predicted molar refractivity (Wildman–Crippen MR) is 97.4 cm³/mol. The lowest BCUT2D eigenvalue weighted by Gasteiger charge is -2.23. The molecule has 1 unspecified atom stereocenters. The zero-order valence-corrected chi connectivity index (χ0v) is 15.0. The van der Waals surface area contributed by atoms with Gasteiger partial charge in [-0.2, -0.15) is 0 Å². The Labute approximate surface area is 152 Å². The molecule has 1 aromatic carbocycles. The minimum atomic E-state index is -0.922. The maximum absolute atomic E-state index is 12.7. The van der Waals surface area contributed by atoms with Gasteiger partial charge in [0.15, 0.2) is 5.16 Å². The van der Waals surface area contributed by atoms with Crippen molar-refractivity contribution >= 4 is 46.7 Å². The third-order valence-corrected chi connectivity index (χ3v) is 4.95. The second-order valence-electron chi connectivity index (χ2n) is 5.54. The number of carbonyl (C=O) groups is 2.